The molecule has 0 fully saturated rings. The van der Waals surface area contributed by atoms with Crippen molar-refractivity contribution in [2.24, 2.45) is 0 Å². The Labute approximate surface area is 121 Å². The first-order chi connectivity index (χ1) is 9.54. The van der Waals surface area contributed by atoms with Gasteiger partial charge in [-0.05, 0) is 25.1 Å². The second-order valence-corrected chi connectivity index (χ2v) is 4.72. The number of aromatic nitrogens is 2. The minimum Gasteiger partial charge on any atom is -0.465 e. The molecule has 1 amide bonds. The van der Waals surface area contributed by atoms with Crippen LogP contribution in [0.5, 0.6) is 0 Å². The Hall–Kier alpha value is -2.14. The van der Waals surface area contributed by atoms with Crippen molar-refractivity contribution in [3.8, 4) is 11.3 Å². The van der Waals surface area contributed by atoms with Gasteiger partial charge in [-0.2, -0.15) is 0 Å². The molecule has 0 aliphatic rings. The molecule has 2 aromatic rings. The summed E-state index contributed by atoms with van der Waals surface area (Å²) in [5.41, 5.74) is 2.56. The van der Waals surface area contributed by atoms with Crippen molar-refractivity contribution in [2.75, 3.05) is 6.54 Å². The molecule has 0 unspecified atom stereocenters. The molecule has 1 aromatic heterocycles. The zero-order valence-corrected chi connectivity index (χ0v) is 11.7. The number of hydrogen-bond acceptors (Lipinski definition) is 3. The topological polar surface area (TPSA) is 75.1 Å². The van der Waals surface area contributed by atoms with Gasteiger partial charge < -0.3 is 10.4 Å². The quantitative estimate of drug-likeness (QED) is 0.908. The average molecular weight is 292 g/mol. The highest BCUT2D eigenvalue weighted by atomic mass is 35.5. The van der Waals surface area contributed by atoms with E-state index < -0.39 is 6.09 Å². The molecule has 0 spiro atoms. The monoisotopic (exact) mass is 291 g/mol. The molecule has 104 valence electrons. The van der Waals surface area contributed by atoms with Crippen LogP contribution in [0.15, 0.2) is 30.3 Å². The third kappa shape index (κ3) is 3.93. The van der Waals surface area contributed by atoms with Gasteiger partial charge in [0.1, 0.15) is 5.82 Å². The maximum absolute atomic E-state index is 10.4. The van der Waals surface area contributed by atoms with E-state index in [4.69, 9.17) is 16.7 Å². The molecule has 1 aromatic carbocycles. The number of hydrogen-bond donors (Lipinski definition) is 2. The van der Waals surface area contributed by atoms with Gasteiger partial charge in [0.25, 0.3) is 0 Å². The van der Waals surface area contributed by atoms with Crippen LogP contribution >= 0.6 is 11.6 Å². The minimum atomic E-state index is -1.03. The Bertz CT molecular complexity index is 614. The number of halogens is 1. The van der Waals surface area contributed by atoms with Crippen LogP contribution in [-0.2, 0) is 6.42 Å². The van der Waals surface area contributed by atoms with Crippen molar-refractivity contribution in [2.45, 2.75) is 13.3 Å². The molecule has 0 aliphatic carbocycles. The van der Waals surface area contributed by atoms with Gasteiger partial charge in [-0.1, -0.05) is 23.7 Å². The molecule has 0 aliphatic heterocycles. The largest absolute Gasteiger partial charge is 0.465 e. The fourth-order valence-electron chi connectivity index (χ4n) is 1.82. The van der Waals surface area contributed by atoms with Gasteiger partial charge in [-0.3, -0.25) is 0 Å². The number of benzene rings is 1. The predicted octanol–water partition coefficient (Wildman–Crippen LogP) is 2.92. The van der Waals surface area contributed by atoms with Crippen molar-refractivity contribution in [1.29, 1.82) is 0 Å². The Balaban J connectivity index is 2.19. The first-order valence-electron chi connectivity index (χ1n) is 6.12. The summed E-state index contributed by atoms with van der Waals surface area (Å²) in [5, 5.41) is 11.5. The summed E-state index contributed by atoms with van der Waals surface area (Å²) in [6.07, 6.45) is -0.510. The second kappa shape index (κ2) is 6.34. The lowest BCUT2D eigenvalue weighted by Crippen LogP contribution is -2.23. The van der Waals surface area contributed by atoms with E-state index in [9.17, 15) is 4.79 Å². The van der Waals surface area contributed by atoms with E-state index >= 15 is 0 Å². The third-order valence-electron chi connectivity index (χ3n) is 2.69. The highest BCUT2D eigenvalue weighted by molar-refractivity contribution is 6.30. The van der Waals surface area contributed by atoms with E-state index in [-0.39, 0.29) is 0 Å². The van der Waals surface area contributed by atoms with Crippen LogP contribution in [-0.4, -0.2) is 27.7 Å². The van der Waals surface area contributed by atoms with Gasteiger partial charge in [0.05, 0.1) is 5.69 Å². The SMILES string of the molecule is Cc1nc(CCNC(=O)O)cc(-c2ccc(Cl)cc2)n1. The number of rotatable bonds is 4. The number of amides is 1. The molecular formula is C14H14ClN3O2. The van der Waals surface area contributed by atoms with Gasteiger partial charge >= 0.3 is 6.09 Å². The van der Waals surface area contributed by atoms with Crippen LogP contribution in [0.4, 0.5) is 4.79 Å². The summed E-state index contributed by atoms with van der Waals surface area (Å²) >= 11 is 5.86. The lowest BCUT2D eigenvalue weighted by molar-refractivity contribution is 0.194. The fraction of sp³-hybridized carbons (Fsp3) is 0.214. The third-order valence-corrected chi connectivity index (χ3v) is 2.94. The maximum atomic E-state index is 10.4. The van der Waals surface area contributed by atoms with E-state index in [2.05, 4.69) is 15.3 Å². The lowest BCUT2D eigenvalue weighted by atomic mass is 10.1. The highest BCUT2D eigenvalue weighted by Crippen LogP contribution is 2.20. The molecule has 2 N–H and O–H groups in total. The van der Waals surface area contributed by atoms with Crippen molar-refractivity contribution in [3.05, 3.63) is 46.9 Å². The molecule has 0 atom stereocenters. The van der Waals surface area contributed by atoms with E-state index in [0.717, 1.165) is 17.0 Å². The van der Waals surface area contributed by atoms with Crippen LogP contribution in [0.2, 0.25) is 5.02 Å². The lowest BCUT2D eigenvalue weighted by Gasteiger charge is -2.06. The Morgan fingerprint density at radius 3 is 2.65 bits per heavy atom. The summed E-state index contributed by atoms with van der Waals surface area (Å²) in [6.45, 7) is 2.14. The Kier molecular flexibility index (Phi) is 4.53. The zero-order valence-electron chi connectivity index (χ0n) is 10.9. The van der Waals surface area contributed by atoms with Crippen LogP contribution < -0.4 is 5.32 Å². The normalized spacial score (nSPS) is 10.3. The summed E-state index contributed by atoms with van der Waals surface area (Å²) in [7, 11) is 0. The molecular weight excluding hydrogens is 278 g/mol. The highest BCUT2D eigenvalue weighted by Gasteiger charge is 2.05. The first kappa shape index (κ1) is 14.3. The molecule has 20 heavy (non-hydrogen) atoms. The molecule has 2 rings (SSSR count). The summed E-state index contributed by atoms with van der Waals surface area (Å²) in [4.78, 5) is 19.1. The molecule has 0 radical (unpaired) electrons. The van der Waals surface area contributed by atoms with Crippen molar-refractivity contribution in [3.63, 3.8) is 0 Å². The number of nitrogens with zero attached hydrogens (tertiary/aromatic N) is 2. The van der Waals surface area contributed by atoms with Crippen molar-refractivity contribution >= 4 is 17.7 Å². The van der Waals surface area contributed by atoms with Crippen molar-refractivity contribution in [1.82, 2.24) is 15.3 Å². The van der Waals surface area contributed by atoms with Crippen LogP contribution in [0.1, 0.15) is 11.5 Å². The minimum absolute atomic E-state index is 0.325. The maximum Gasteiger partial charge on any atom is 0.404 e. The number of carbonyl (C=O) groups is 1. The van der Waals surface area contributed by atoms with Crippen LogP contribution in [0, 0.1) is 6.92 Å². The number of aryl methyl sites for hydroxylation is 1. The standard InChI is InChI=1S/C14H14ClN3O2/c1-9-17-12(6-7-16-14(19)20)8-13(18-9)10-2-4-11(15)5-3-10/h2-5,8,16H,6-7H2,1H3,(H,19,20). The van der Waals surface area contributed by atoms with Crippen LogP contribution in [0.3, 0.4) is 0 Å². The van der Waals surface area contributed by atoms with E-state index in [1.54, 1.807) is 12.1 Å². The number of carboxylic acid groups (broad SMARTS) is 1. The van der Waals surface area contributed by atoms with Crippen LogP contribution in [0.25, 0.3) is 11.3 Å². The van der Waals surface area contributed by atoms with E-state index in [1.165, 1.54) is 0 Å². The number of nitrogens with one attached hydrogen (secondary N) is 1. The summed E-state index contributed by atoms with van der Waals surface area (Å²) in [6, 6.07) is 9.26. The van der Waals surface area contributed by atoms with Gasteiger partial charge in [-0.25, -0.2) is 14.8 Å². The predicted molar refractivity (Wildman–Crippen MR) is 76.9 cm³/mol. The van der Waals surface area contributed by atoms with E-state index in [0.29, 0.717) is 23.8 Å². The van der Waals surface area contributed by atoms with E-state index in [1.807, 2.05) is 25.1 Å². The molecule has 0 bridgehead atoms. The molecule has 0 saturated carbocycles. The van der Waals surface area contributed by atoms with Gasteiger partial charge in [-0.15, -0.1) is 0 Å². The molecule has 5 nitrogen and oxygen atoms in total. The van der Waals surface area contributed by atoms with Gasteiger partial charge in [0, 0.05) is 29.2 Å². The molecule has 0 saturated heterocycles. The molecule has 1 heterocycles. The van der Waals surface area contributed by atoms with Gasteiger partial charge in [0.2, 0.25) is 0 Å². The zero-order chi connectivity index (χ0) is 14.5. The fourth-order valence-corrected chi connectivity index (χ4v) is 1.95. The first-order valence-corrected chi connectivity index (χ1v) is 6.49. The summed E-state index contributed by atoms with van der Waals surface area (Å²) in [5.74, 6) is 0.655. The summed E-state index contributed by atoms with van der Waals surface area (Å²) < 4.78 is 0. The second-order valence-electron chi connectivity index (χ2n) is 4.28. The van der Waals surface area contributed by atoms with Crippen molar-refractivity contribution < 1.29 is 9.90 Å². The Morgan fingerprint density at radius 1 is 1.30 bits per heavy atom. The Morgan fingerprint density at radius 2 is 2.00 bits per heavy atom. The molecule has 6 heteroatoms. The average Bonchev–Trinajstić information content (AvgIpc) is 2.38. The smallest absolute Gasteiger partial charge is 0.404 e. The van der Waals surface area contributed by atoms with Gasteiger partial charge in [0.15, 0.2) is 0 Å².